The van der Waals surface area contributed by atoms with Gasteiger partial charge in [0.15, 0.2) is 5.03 Å². The number of benzene rings is 1. The van der Waals surface area contributed by atoms with Crippen LogP contribution in [0.15, 0.2) is 35.5 Å². The van der Waals surface area contributed by atoms with Crippen molar-refractivity contribution in [2.24, 2.45) is 7.05 Å². The van der Waals surface area contributed by atoms with Gasteiger partial charge in [0, 0.05) is 45.1 Å². The quantitative estimate of drug-likeness (QED) is 0.787. The van der Waals surface area contributed by atoms with E-state index in [0.29, 0.717) is 12.2 Å². The number of nitrogens with one attached hydrogen (secondary N) is 1. The second kappa shape index (κ2) is 8.26. The monoisotopic (exact) mass is 445 g/mol. The molecule has 1 saturated heterocycles. The molecule has 0 atom stereocenters. The smallest absolute Gasteiger partial charge is 0.337 e. The molecule has 12 heteroatoms. The van der Waals surface area contributed by atoms with Gasteiger partial charge >= 0.3 is 12.2 Å². The normalized spacial score (nSPS) is 16.4. The second-order valence-corrected chi connectivity index (χ2v) is 8.88. The molecule has 0 aliphatic carbocycles. The SMILES string of the molecule is Cc1nc(S(=O)(=O)N2CCCN(C(=O)Nc3cccc(C(F)(F)F)c3)CC2)cn1C. The third-order valence-corrected chi connectivity index (χ3v) is 6.64. The number of rotatable bonds is 3. The van der Waals surface area contributed by atoms with E-state index in [1.807, 2.05) is 0 Å². The molecule has 1 aromatic heterocycles. The molecule has 0 spiro atoms. The van der Waals surface area contributed by atoms with Gasteiger partial charge in [-0.05, 0) is 31.5 Å². The maximum absolute atomic E-state index is 12.8. The number of carbonyl (C=O) groups is 1. The highest BCUT2D eigenvalue weighted by atomic mass is 32.2. The molecular weight excluding hydrogens is 423 g/mol. The largest absolute Gasteiger partial charge is 0.416 e. The Hall–Kier alpha value is -2.60. The van der Waals surface area contributed by atoms with Crippen LogP contribution in [0.5, 0.6) is 0 Å². The Balaban J connectivity index is 1.67. The lowest BCUT2D eigenvalue weighted by Crippen LogP contribution is -2.39. The molecule has 0 saturated carbocycles. The van der Waals surface area contributed by atoms with E-state index < -0.39 is 27.8 Å². The third kappa shape index (κ3) is 4.75. The minimum atomic E-state index is -4.51. The summed E-state index contributed by atoms with van der Waals surface area (Å²) in [6.45, 7) is 2.36. The lowest BCUT2D eigenvalue weighted by atomic mass is 10.2. The van der Waals surface area contributed by atoms with Crippen LogP contribution in [-0.4, -0.2) is 59.4 Å². The van der Waals surface area contributed by atoms with Crippen molar-refractivity contribution in [1.29, 1.82) is 0 Å². The summed E-state index contributed by atoms with van der Waals surface area (Å²) in [5, 5.41) is 2.40. The predicted octanol–water partition coefficient (Wildman–Crippen LogP) is 2.68. The minimum Gasteiger partial charge on any atom is -0.337 e. The molecule has 8 nitrogen and oxygen atoms in total. The molecule has 2 amide bonds. The van der Waals surface area contributed by atoms with E-state index in [1.54, 1.807) is 18.5 Å². The van der Waals surface area contributed by atoms with Crippen molar-refractivity contribution in [3.8, 4) is 0 Å². The van der Waals surface area contributed by atoms with Crippen LogP contribution >= 0.6 is 0 Å². The van der Waals surface area contributed by atoms with Crippen molar-refractivity contribution in [2.45, 2.75) is 24.5 Å². The summed E-state index contributed by atoms with van der Waals surface area (Å²) < 4.78 is 67.1. The summed E-state index contributed by atoms with van der Waals surface area (Å²) in [6, 6.07) is 3.77. The average molecular weight is 445 g/mol. The first kappa shape index (κ1) is 22.1. The fourth-order valence-corrected chi connectivity index (χ4v) is 4.59. The van der Waals surface area contributed by atoms with Gasteiger partial charge in [-0.3, -0.25) is 0 Å². The summed E-state index contributed by atoms with van der Waals surface area (Å²) in [5.74, 6) is 0.561. The summed E-state index contributed by atoms with van der Waals surface area (Å²) in [5.41, 5.74) is -0.841. The van der Waals surface area contributed by atoms with Crippen LogP contribution in [0.25, 0.3) is 0 Å². The number of urea groups is 1. The number of nitrogens with zero attached hydrogens (tertiary/aromatic N) is 4. The molecule has 0 bridgehead atoms. The number of carbonyl (C=O) groups excluding carboxylic acids is 1. The molecule has 30 heavy (non-hydrogen) atoms. The van der Waals surface area contributed by atoms with Gasteiger partial charge in [-0.15, -0.1) is 0 Å². The zero-order chi connectivity index (χ0) is 22.1. The fourth-order valence-electron chi connectivity index (χ4n) is 3.10. The summed E-state index contributed by atoms with van der Waals surface area (Å²) in [7, 11) is -2.10. The highest BCUT2D eigenvalue weighted by molar-refractivity contribution is 7.89. The van der Waals surface area contributed by atoms with Crippen LogP contribution in [0, 0.1) is 6.92 Å². The first-order valence-electron chi connectivity index (χ1n) is 9.22. The second-order valence-electron chi connectivity index (χ2n) is 6.99. The maximum atomic E-state index is 12.8. The van der Waals surface area contributed by atoms with E-state index in [9.17, 15) is 26.4 Å². The Kier molecular flexibility index (Phi) is 6.09. The van der Waals surface area contributed by atoms with Crippen LogP contribution in [0.3, 0.4) is 0 Å². The Morgan fingerprint density at radius 3 is 2.53 bits per heavy atom. The topological polar surface area (TPSA) is 87.5 Å². The lowest BCUT2D eigenvalue weighted by Gasteiger charge is -2.22. The molecule has 1 aliphatic heterocycles. The van der Waals surface area contributed by atoms with Crippen LogP contribution in [-0.2, 0) is 23.2 Å². The number of alkyl halides is 3. The van der Waals surface area contributed by atoms with Gasteiger partial charge in [0.1, 0.15) is 5.82 Å². The van der Waals surface area contributed by atoms with E-state index >= 15 is 0 Å². The first-order valence-corrected chi connectivity index (χ1v) is 10.7. The highest BCUT2D eigenvalue weighted by Gasteiger charge is 2.32. The summed E-state index contributed by atoms with van der Waals surface area (Å²) in [6.07, 6.45) is -2.68. The molecule has 2 aromatic rings. The van der Waals surface area contributed by atoms with E-state index in [1.165, 1.54) is 27.5 Å². The number of hydrogen-bond acceptors (Lipinski definition) is 4. The van der Waals surface area contributed by atoms with Crippen molar-refractivity contribution in [1.82, 2.24) is 18.8 Å². The van der Waals surface area contributed by atoms with Crippen LogP contribution in [0.2, 0.25) is 0 Å². The molecular formula is C18H22F3N5O3S. The van der Waals surface area contributed by atoms with Gasteiger partial charge in [-0.2, -0.15) is 17.5 Å². The molecule has 1 aromatic carbocycles. The van der Waals surface area contributed by atoms with Crippen LogP contribution in [0.1, 0.15) is 17.8 Å². The van der Waals surface area contributed by atoms with Crippen molar-refractivity contribution in [3.63, 3.8) is 0 Å². The minimum absolute atomic E-state index is 0.0208. The Morgan fingerprint density at radius 1 is 1.17 bits per heavy atom. The van der Waals surface area contributed by atoms with Crippen molar-refractivity contribution < 1.29 is 26.4 Å². The molecule has 0 unspecified atom stereocenters. The standard InChI is InChI=1S/C18H22F3N5O3S/c1-13-22-16(12-24(13)2)30(28,29)26-8-4-7-25(9-10-26)17(27)23-15-6-3-5-14(11-15)18(19,20)21/h3,5-6,11-12H,4,7-10H2,1-2H3,(H,23,27). The predicted molar refractivity (Wildman–Crippen MR) is 103 cm³/mol. The van der Waals surface area contributed by atoms with Crippen LogP contribution in [0.4, 0.5) is 23.7 Å². The number of imidazole rings is 1. The molecule has 1 N–H and O–H groups in total. The average Bonchev–Trinajstić information content (AvgIpc) is 2.87. The molecule has 3 rings (SSSR count). The molecule has 2 heterocycles. The number of aryl methyl sites for hydroxylation is 2. The molecule has 164 valence electrons. The van der Waals surface area contributed by atoms with Crippen molar-refractivity contribution >= 4 is 21.7 Å². The van der Waals surface area contributed by atoms with Crippen LogP contribution < -0.4 is 5.32 Å². The lowest BCUT2D eigenvalue weighted by molar-refractivity contribution is -0.137. The summed E-state index contributed by atoms with van der Waals surface area (Å²) in [4.78, 5) is 18.0. The van der Waals surface area contributed by atoms with E-state index in [2.05, 4.69) is 10.3 Å². The first-order chi connectivity index (χ1) is 14.0. The Morgan fingerprint density at radius 2 is 1.90 bits per heavy atom. The van der Waals surface area contributed by atoms with E-state index in [0.717, 1.165) is 12.1 Å². The van der Waals surface area contributed by atoms with E-state index in [4.69, 9.17) is 0 Å². The van der Waals surface area contributed by atoms with Gasteiger partial charge in [-0.1, -0.05) is 6.07 Å². The van der Waals surface area contributed by atoms with Gasteiger partial charge < -0.3 is 14.8 Å². The van der Waals surface area contributed by atoms with Crippen molar-refractivity contribution in [3.05, 3.63) is 41.9 Å². The van der Waals surface area contributed by atoms with E-state index in [-0.39, 0.29) is 36.9 Å². The Bertz CT molecular complexity index is 1020. The van der Waals surface area contributed by atoms with Gasteiger partial charge in [0.2, 0.25) is 0 Å². The zero-order valence-electron chi connectivity index (χ0n) is 16.5. The van der Waals surface area contributed by atoms with Gasteiger partial charge in [0.25, 0.3) is 10.0 Å². The number of aromatic nitrogens is 2. The number of hydrogen-bond donors (Lipinski definition) is 1. The molecule has 1 aliphatic rings. The zero-order valence-corrected chi connectivity index (χ0v) is 17.3. The number of sulfonamides is 1. The van der Waals surface area contributed by atoms with Gasteiger partial charge in [-0.25, -0.2) is 18.2 Å². The third-order valence-electron chi connectivity index (χ3n) is 4.87. The maximum Gasteiger partial charge on any atom is 0.416 e. The molecule has 1 fully saturated rings. The fraction of sp³-hybridized carbons (Fsp3) is 0.444. The number of amides is 2. The van der Waals surface area contributed by atoms with Crippen molar-refractivity contribution in [2.75, 3.05) is 31.5 Å². The van der Waals surface area contributed by atoms with Gasteiger partial charge in [0.05, 0.1) is 5.56 Å². The molecule has 0 radical (unpaired) electrons. The number of halogens is 3. The summed E-state index contributed by atoms with van der Waals surface area (Å²) >= 11 is 0. The highest BCUT2D eigenvalue weighted by Crippen LogP contribution is 2.30. The number of anilines is 1. The Labute approximate surface area is 172 Å².